The molecular weight excluding hydrogens is 579 g/mol. The van der Waals surface area contributed by atoms with Crippen LogP contribution in [0.3, 0.4) is 0 Å². The van der Waals surface area contributed by atoms with Gasteiger partial charge in [0.2, 0.25) is 0 Å². The number of terminal acetylenes is 1. The summed E-state index contributed by atoms with van der Waals surface area (Å²) in [7, 11) is -4.06. The Hall–Kier alpha value is -1.65. The zero-order chi connectivity index (χ0) is 31.1. The average Bonchev–Trinajstić information content (AvgIpc) is 2.86. The molecule has 228 valence electrons. The molecule has 0 aliphatic rings. The van der Waals surface area contributed by atoms with Gasteiger partial charge in [0, 0.05) is 34.6 Å². The van der Waals surface area contributed by atoms with Gasteiger partial charge in [-0.15, -0.1) is 12.8 Å². The lowest BCUT2D eigenvalue weighted by atomic mass is 9.99. The van der Waals surface area contributed by atoms with Gasteiger partial charge in [-0.1, -0.05) is 72.0 Å². The van der Waals surface area contributed by atoms with Gasteiger partial charge in [-0.05, 0) is 13.3 Å². The Bertz CT molecular complexity index is 1080. The van der Waals surface area contributed by atoms with Gasteiger partial charge in [0.25, 0.3) is 5.56 Å². The zero-order valence-electron chi connectivity index (χ0n) is 24.6. The molecule has 1 aromatic heterocycles. The zero-order valence-corrected chi connectivity index (χ0v) is 27.1. The fraction of sp³-hybridized carbons (Fsp3) is 0.692. The molecule has 11 nitrogen and oxygen atoms in total. The van der Waals surface area contributed by atoms with E-state index < -0.39 is 42.2 Å². The van der Waals surface area contributed by atoms with E-state index >= 15 is 0 Å². The first-order valence-electron chi connectivity index (χ1n) is 12.7. The Morgan fingerprint density at radius 3 is 1.85 bits per heavy atom. The van der Waals surface area contributed by atoms with Crippen LogP contribution >= 0.6 is 31.3 Å². The van der Waals surface area contributed by atoms with Crippen LogP contribution in [0, 0.1) is 23.7 Å². The molecule has 0 fully saturated rings. The highest BCUT2D eigenvalue weighted by Gasteiger charge is 2.30. The number of ether oxygens (including phenoxy) is 1. The number of carbonyl (C=O) groups excluding carboxylic acids is 2. The second kappa shape index (κ2) is 18.0. The number of phosphoric acid groups is 1. The van der Waals surface area contributed by atoms with Gasteiger partial charge >= 0.3 is 13.5 Å². The Balaban J connectivity index is 0.00000742. The van der Waals surface area contributed by atoms with E-state index in [9.17, 15) is 23.7 Å². The minimum atomic E-state index is -4.06. The highest BCUT2D eigenvalue weighted by atomic mass is 32.2. The minimum absolute atomic E-state index is 0.0270. The van der Waals surface area contributed by atoms with E-state index in [0.717, 1.165) is 23.5 Å². The fourth-order valence-electron chi connectivity index (χ4n) is 2.60. The van der Waals surface area contributed by atoms with Crippen LogP contribution in [0.25, 0.3) is 0 Å². The number of aromatic amines is 1. The van der Waals surface area contributed by atoms with Crippen LogP contribution in [0.2, 0.25) is 0 Å². The molecule has 0 unspecified atom stereocenters. The highest BCUT2D eigenvalue weighted by molar-refractivity contribution is 8.14. The molecule has 0 spiro atoms. The van der Waals surface area contributed by atoms with E-state index in [1.165, 1.54) is 16.8 Å². The van der Waals surface area contributed by atoms with Crippen molar-refractivity contribution in [3.63, 3.8) is 0 Å². The predicted molar refractivity (Wildman–Crippen MR) is 160 cm³/mol. The third-order valence-corrected chi connectivity index (χ3v) is 8.82. The lowest BCUT2D eigenvalue weighted by Crippen LogP contribution is -2.33. The van der Waals surface area contributed by atoms with Crippen LogP contribution in [0.15, 0.2) is 21.9 Å². The molecule has 0 aliphatic carbocycles. The maximum atomic E-state index is 13.4. The minimum Gasteiger partial charge on any atom is -0.353 e. The van der Waals surface area contributed by atoms with Crippen molar-refractivity contribution in [1.29, 1.82) is 0 Å². The molecule has 0 amide bonds. The molecule has 0 aromatic carbocycles. The summed E-state index contributed by atoms with van der Waals surface area (Å²) in [4.78, 5) is 49.8. The number of aromatic nitrogens is 2. The maximum absolute atomic E-state index is 13.4. The molecule has 1 aromatic rings. The molecule has 0 radical (unpaired) electrons. The monoisotopic (exact) mass is 622 g/mol. The van der Waals surface area contributed by atoms with Gasteiger partial charge in [0.15, 0.2) is 10.2 Å². The molecule has 1 rings (SSSR count). The summed E-state index contributed by atoms with van der Waals surface area (Å²) in [6.45, 7) is 14.0. The van der Waals surface area contributed by atoms with Crippen molar-refractivity contribution in [2.24, 2.45) is 10.8 Å². The van der Waals surface area contributed by atoms with Crippen LogP contribution in [-0.2, 0) is 32.5 Å². The third kappa shape index (κ3) is 14.8. The van der Waals surface area contributed by atoms with Crippen molar-refractivity contribution in [3.8, 4) is 12.8 Å². The van der Waals surface area contributed by atoms with Crippen molar-refractivity contribution < 1.29 is 32.5 Å². The van der Waals surface area contributed by atoms with Gasteiger partial charge < -0.3 is 4.74 Å². The third-order valence-electron chi connectivity index (χ3n) is 4.86. The van der Waals surface area contributed by atoms with Crippen LogP contribution in [0.4, 0.5) is 0 Å². The number of carbonyl (C=O) groups is 2. The lowest BCUT2D eigenvalue weighted by Gasteiger charge is -2.25. The Kier molecular flexibility index (Phi) is 17.3. The van der Waals surface area contributed by atoms with Crippen LogP contribution < -0.4 is 11.2 Å². The number of H-pyrrole nitrogens is 1. The number of nitrogens with one attached hydrogen (secondary N) is 1. The summed E-state index contributed by atoms with van der Waals surface area (Å²) in [6.07, 6.45) is 8.45. The summed E-state index contributed by atoms with van der Waals surface area (Å²) in [5, 5.41) is -0.0541. The number of nitrogens with zero attached hydrogens (tertiary/aromatic N) is 1. The smallest absolute Gasteiger partial charge is 0.353 e. The second-order valence-electron chi connectivity index (χ2n) is 10.5. The molecule has 2 atom stereocenters. The molecule has 14 heteroatoms. The molecular formula is C26H43N2O9PS2. The number of phosphoric ester groups is 1. The lowest BCUT2D eigenvalue weighted by molar-refractivity contribution is -0.118. The average molecular weight is 623 g/mol. The van der Waals surface area contributed by atoms with Crippen molar-refractivity contribution in [2.75, 3.05) is 31.3 Å². The second-order valence-corrected chi connectivity index (χ2v) is 14.3. The quantitative estimate of drug-likeness (QED) is 0.163. The normalized spacial score (nSPS) is 13.7. The molecule has 0 saturated carbocycles. The molecule has 1 N–H and O–H groups in total. The molecule has 40 heavy (non-hydrogen) atoms. The van der Waals surface area contributed by atoms with Crippen LogP contribution in [0.1, 0.15) is 68.0 Å². The highest BCUT2D eigenvalue weighted by Crippen LogP contribution is 2.50. The summed E-state index contributed by atoms with van der Waals surface area (Å²) in [5.41, 5.74) is -2.18. The number of thioether (sulfide) groups is 2. The van der Waals surface area contributed by atoms with Gasteiger partial charge in [0.05, 0.1) is 25.9 Å². The Morgan fingerprint density at radius 2 is 1.45 bits per heavy atom. The number of hydrogen-bond acceptors (Lipinski definition) is 11. The van der Waals surface area contributed by atoms with E-state index in [2.05, 4.69) is 17.8 Å². The van der Waals surface area contributed by atoms with E-state index in [0.29, 0.717) is 6.42 Å². The number of rotatable bonds is 15. The molecule has 0 bridgehead atoms. The summed E-state index contributed by atoms with van der Waals surface area (Å²) < 4.78 is 37.0. The standard InChI is InChI=1S/C24H41N2O9PS2.C2H2/c1-9-18(35-17(2)26-11-10-19(27)25-22(26)30)16-34-36(31,32-12-14-37-20(28)23(3,4)5)33-13-15-38-21(29)24(6,7)8;1-2/h10-11,17-18H,9,12-16H2,1-8H3,(H,25,27,30);1-2H/t17-,18+;/m1./s1. The summed E-state index contributed by atoms with van der Waals surface area (Å²) >= 11 is 2.14. The number of hydrogen-bond donors (Lipinski definition) is 1. The molecule has 0 saturated heterocycles. The van der Waals surface area contributed by atoms with E-state index in [1.807, 2.05) is 48.5 Å². The van der Waals surface area contributed by atoms with E-state index in [4.69, 9.17) is 18.3 Å². The molecule has 1 heterocycles. The van der Waals surface area contributed by atoms with Crippen molar-refractivity contribution in [2.45, 2.75) is 74.1 Å². The predicted octanol–water partition coefficient (Wildman–Crippen LogP) is 4.87. The van der Waals surface area contributed by atoms with Crippen molar-refractivity contribution >= 4 is 41.6 Å². The maximum Gasteiger partial charge on any atom is 0.474 e. The Labute approximate surface area is 245 Å². The van der Waals surface area contributed by atoms with Gasteiger partial charge in [-0.2, -0.15) is 0 Å². The van der Waals surface area contributed by atoms with Crippen LogP contribution in [-0.4, -0.2) is 57.2 Å². The first-order chi connectivity index (χ1) is 18.5. The topological polar surface area (TPSA) is 143 Å². The largest absolute Gasteiger partial charge is 0.474 e. The summed E-state index contributed by atoms with van der Waals surface area (Å²) in [6, 6.07) is 1.21. The summed E-state index contributed by atoms with van der Waals surface area (Å²) in [5.74, 6) is 0.508. The van der Waals surface area contributed by atoms with Gasteiger partial charge in [0.1, 0.15) is 6.23 Å². The van der Waals surface area contributed by atoms with Crippen molar-refractivity contribution in [3.05, 3.63) is 33.1 Å². The van der Waals surface area contributed by atoms with Gasteiger partial charge in [-0.25, -0.2) is 9.36 Å². The van der Waals surface area contributed by atoms with Crippen LogP contribution in [0.5, 0.6) is 0 Å². The van der Waals surface area contributed by atoms with Gasteiger partial charge in [-0.3, -0.25) is 37.5 Å². The SMILES string of the molecule is C#C.CC[C@@H](COP(=O)(OCCSC(=O)C(C)(C)C)OCCSC(=O)C(C)(C)C)O[C@H](C)n1ccc(=O)[nH]c1=O. The van der Waals surface area contributed by atoms with Crippen molar-refractivity contribution in [1.82, 2.24) is 9.55 Å². The Morgan fingerprint density at radius 1 is 0.975 bits per heavy atom. The first-order valence-corrected chi connectivity index (χ1v) is 16.1. The van der Waals surface area contributed by atoms with E-state index in [1.54, 1.807) is 6.92 Å². The first kappa shape index (κ1) is 38.4. The van der Waals surface area contributed by atoms with E-state index in [-0.39, 0.29) is 41.6 Å². The molecule has 0 aliphatic heterocycles. The fourth-order valence-corrected chi connectivity index (χ4v) is 5.62.